The molecule has 0 aliphatic heterocycles. The Bertz CT molecular complexity index is 751. The zero-order chi connectivity index (χ0) is 14.7. The summed E-state index contributed by atoms with van der Waals surface area (Å²) < 4.78 is 2.76. The van der Waals surface area contributed by atoms with Crippen molar-refractivity contribution in [2.45, 2.75) is 6.42 Å². The third-order valence-corrected chi connectivity index (χ3v) is 3.48. The second kappa shape index (κ2) is 6.05. The molecule has 1 amide bonds. The smallest absolute Gasteiger partial charge is 0.252 e. The maximum atomic E-state index is 12.0. The van der Waals surface area contributed by atoms with Crippen molar-refractivity contribution in [1.82, 2.24) is 19.7 Å². The number of pyridine rings is 2. The van der Waals surface area contributed by atoms with E-state index in [1.54, 1.807) is 18.5 Å². The fourth-order valence-electron chi connectivity index (χ4n) is 2.05. The summed E-state index contributed by atoms with van der Waals surface area (Å²) >= 11 is 3.30. The molecule has 0 unspecified atom stereocenters. The van der Waals surface area contributed by atoms with Gasteiger partial charge in [-0.2, -0.15) is 0 Å². The molecule has 0 radical (unpaired) electrons. The van der Waals surface area contributed by atoms with Crippen LogP contribution in [0.1, 0.15) is 16.1 Å². The van der Waals surface area contributed by atoms with Gasteiger partial charge in [-0.3, -0.25) is 9.78 Å². The summed E-state index contributed by atoms with van der Waals surface area (Å²) in [5, 5.41) is 2.87. The number of carbonyl (C=O) groups excluding carboxylic acids is 1. The molecule has 0 bridgehead atoms. The Hall–Kier alpha value is -2.21. The summed E-state index contributed by atoms with van der Waals surface area (Å²) in [6.07, 6.45) is 7.81. The van der Waals surface area contributed by atoms with Crippen molar-refractivity contribution in [1.29, 1.82) is 0 Å². The van der Waals surface area contributed by atoms with Gasteiger partial charge in [-0.25, -0.2) is 4.98 Å². The van der Waals surface area contributed by atoms with Crippen molar-refractivity contribution in [3.63, 3.8) is 0 Å². The summed E-state index contributed by atoms with van der Waals surface area (Å²) in [5.74, 6) is -0.132. The van der Waals surface area contributed by atoms with Crippen molar-refractivity contribution in [2.24, 2.45) is 0 Å². The monoisotopic (exact) mass is 344 g/mol. The molecular weight excluding hydrogens is 332 g/mol. The van der Waals surface area contributed by atoms with E-state index >= 15 is 0 Å². The first-order valence-electron chi connectivity index (χ1n) is 6.54. The van der Waals surface area contributed by atoms with Gasteiger partial charge < -0.3 is 9.72 Å². The van der Waals surface area contributed by atoms with Gasteiger partial charge in [0.1, 0.15) is 5.65 Å². The summed E-state index contributed by atoms with van der Waals surface area (Å²) in [6, 6.07) is 7.61. The van der Waals surface area contributed by atoms with E-state index in [1.807, 2.05) is 35.0 Å². The molecule has 3 heterocycles. The Labute approximate surface area is 130 Å². The minimum absolute atomic E-state index is 0.132. The molecule has 0 atom stereocenters. The standard InChI is InChI=1S/C15H13BrN4O/c16-12-7-11(8-17-9-12)15(21)18-5-4-13-10-20-6-2-1-3-14(20)19-13/h1-3,6-10H,4-5H2,(H,18,21). The summed E-state index contributed by atoms with van der Waals surface area (Å²) in [5.41, 5.74) is 2.41. The Morgan fingerprint density at radius 1 is 1.33 bits per heavy atom. The number of hydrogen-bond acceptors (Lipinski definition) is 3. The lowest BCUT2D eigenvalue weighted by molar-refractivity contribution is 0.0953. The first kappa shape index (κ1) is 13.8. The lowest BCUT2D eigenvalue weighted by atomic mass is 10.2. The highest BCUT2D eigenvalue weighted by molar-refractivity contribution is 9.10. The van der Waals surface area contributed by atoms with Gasteiger partial charge in [-0.1, -0.05) is 6.07 Å². The number of nitrogens with zero attached hydrogens (tertiary/aromatic N) is 3. The lowest BCUT2D eigenvalue weighted by Gasteiger charge is -2.03. The van der Waals surface area contributed by atoms with Gasteiger partial charge in [0.25, 0.3) is 5.91 Å². The van der Waals surface area contributed by atoms with Gasteiger partial charge in [0, 0.05) is 42.2 Å². The number of amides is 1. The van der Waals surface area contributed by atoms with Crippen LogP contribution in [0.2, 0.25) is 0 Å². The van der Waals surface area contributed by atoms with Crippen molar-refractivity contribution >= 4 is 27.5 Å². The van der Waals surface area contributed by atoms with Crippen LogP contribution >= 0.6 is 15.9 Å². The van der Waals surface area contributed by atoms with Crippen LogP contribution < -0.4 is 5.32 Å². The SMILES string of the molecule is O=C(NCCc1cn2ccccc2n1)c1cncc(Br)c1. The Morgan fingerprint density at radius 3 is 3.05 bits per heavy atom. The quantitative estimate of drug-likeness (QED) is 0.790. The molecule has 0 aromatic carbocycles. The molecule has 0 saturated carbocycles. The van der Waals surface area contributed by atoms with E-state index in [0.29, 0.717) is 18.5 Å². The number of halogens is 1. The van der Waals surface area contributed by atoms with Crippen LogP contribution in [0.15, 0.2) is 53.5 Å². The van der Waals surface area contributed by atoms with Crippen molar-refractivity contribution in [3.8, 4) is 0 Å². The van der Waals surface area contributed by atoms with Crippen LogP contribution in [0.25, 0.3) is 5.65 Å². The third kappa shape index (κ3) is 3.28. The molecule has 0 fully saturated rings. The first-order valence-corrected chi connectivity index (χ1v) is 7.33. The number of carbonyl (C=O) groups is 1. The minimum atomic E-state index is -0.132. The van der Waals surface area contributed by atoms with Crippen molar-refractivity contribution in [3.05, 3.63) is 64.8 Å². The van der Waals surface area contributed by atoms with E-state index in [2.05, 4.69) is 31.2 Å². The van der Waals surface area contributed by atoms with E-state index in [1.165, 1.54) is 0 Å². The van der Waals surface area contributed by atoms with Crippen molar-refractivity contribution in [2.75, 3.05) is 6.54 Å². The Kier molecular flexibility index (Phi) is 3.96. The van der Waals surface area contributed by atoms with Crippen molar-refractivity contribution < 1.29 is 4.79 Å². The number of aromatic nitrogens is 3. The van der Waals surface area contributed by atoms with E-state index < -0.39 is 0 Å². The molecule has 5 nitrogen and oxygen atoms in total. The predicted molar refractivity (Wildman–Crippen MR) is 83.2 cm³/mol. The molecule has 0 spiro atoms. The molecule has 3 aromatic rings. The third-order valence-electron chi connectivity index (χ3n) is 3.05. The summed E-state index contributed by atoms with van der Waals surface area (Å²) in [4.78, 5) is 20.4. The molecule has 21 heavy (non-hydrogen) atoms. The fraction of sp³-hybridized carbons (Fsp3) is 0.133. The second-order valence-corrected chi connectivity index (χ2v) is 5.51. The van der Waals surface area contributed by atoms with E-state index in [0.717, 1.165) is 15.8 Å². The number of hydrogen-bond donors (Lipinski definition) is 1. The Morgan fingerprint density at radius 2 is 2.24 bits per heavy atom. The Balaban J connectivity index is 1.59. The molecule has 6 heteroatoms. The predicted octanol–water partition coefficient (Wildman–Crippen LogP) is 2.46. The van der Waals surface area contributed by atoms with E-state index in [-0.39, 0.29) is 5.91 Å². The highest BCUT2D eigenvalue weighted by Crippen LogP contribution is 2.09. The molecule has 0 aliphatic carbocycles. The average molecular weight is 345 g/mol. The topological polar surface area (TPSA) is 59.3 Å². The maximum absolute atomic E-state index is 12.0. The van der Waals surface area contributed by atoms with Crippen LogP contribution in [0.5, 0.6) is 0 Å². The highest BCUT2D eigenvalue weighted by Gasteiger charge is 2.06. The number of imidazole rings is 1. The van der Waals surface area contributed by atoms with Gasteiger partial charge in [0.05, 0.1) is 11.3 Å². The highest BCUT2D eigenvalue weighted by atomic mass is 79.9. The largest absolute Gasteiger partial charge is 0.352 e. The average Bonchev–Trinajstić information content (AvgIpc) is 2.89. The van der Waals surface area contributed by atoms with Crippen LogP contribution in [0.3, 0.4) is 0 Å². The van der Waals surface area contributed by atoms with Crippen LogP contribution in [0, 0.1) is 0 Å². The van der Waals surface area contributed by atoms with Crippen LogP contribution in [0.4, 0.5) is 0 Å². The van der Waals surface area contributed by atoms with E-state index in [9.17, 15) is 4.79 Å². The summed E-state index contributed by atoms with van der Waals surface area (Å²) in [6.45, 7) is 0.537. The van der Waals surface area contributed by atoms with Gasteiger partial charge in [0.2, 0.25) is 0 Å². The minimum Gasteiger partial charge on any atom is -0.352 e. The molecule has 3 aromatic heterocycles. The number of rotatable bonds is 4. The summed E-state index contributed by atoms with van der Waals surface area (Å²) in [7, 11) is 0. The van der Waals surface area contributed by atoms with Gasteiger partial charge >= 0.3 is 0 Å². The fourth-order valence-corrected chi connectivity index (χ4v) is 2.41. The van der Waals surface area contributed by atoms with Gasteiger partial charge in [-0.05, 0) is 34.1 Å². The zero-order valence-corrected chi connectivity index (χ0v) is 12.7. The van der Waals surface area contributed by atoms with Gasteiger partial charge in [-0.15, -0.1) is 0 Å². The van der Waals surface area contributed by atoms with Crippen LogP contribution in [-0.2, 0) is 6.42 Å². The first-order chi connectivity index (χ1) is 10.2. The number of fused-ring (bicyclic) bond motifs is 1. The molecule has 0 saturated heterocycles. The zero-order valence-electron chi connectivity index (χ0n) is 11.2. The molecular formula is C15H13BrN4O. The maximum Gasteiger partial charge on any atom is 0.252 e. The molecule has 0 aliphatic rings. The molecule has 1 N–H and O–H groups in total. The second-order valence-electron chi connectivity index (χ2n) is 4.60. The molecule has 3 rings (SSSR count). The van der Waals surface area contributed by atoms with E-state index in [4.69, 9.17) is 0 Å². The lowest BCUT2D eigenvalue weighted by Crippen LogP contribution is -2.25. The normalized spacial score (nSPS) is 10.7. The van der Waals surface area contributed by atoms with Gasteiger partial charge in [0.15, 0.2) is 0 Å². The number of nitrogens with one attached hydrogen (secondary N) is 1. The van der Waals surface area contributed by atoms with Crippen LogP contribution in [-0.4, -0.2) is 26.8 Å². The molecule has 106 valence electrons.